The molecule has 0 amide bonds. The van der Waals surface area contributed by atoms with Gasteiger partial charge >= 0.3 is 0 Å². The maximum Gasteiger partial charge on any atom is 0.243 e. The van der Waals surface area contributed by atoms with E-state index in [0.29, 0.717) is 22.2 Å². The summed E-state index contributed by atoms with van der Waals surface area (Å²) in [6.45, 7) is 2.68. The molecule has 0 unspecified atom stereocenters. The monoisotopic (exact) mass is 388 g/mol. The molecule has 4 nitrogen and oxygen atoms in total. The zero-order valence-corrected chi connectivity index (χ0v) is 16.2. The van der Waals surface area contributed by atoms with Gasteiger partial charge in [-0.2, -0.15) is 4.31 Å². The van der Waals surface area contributed by atoms with E-state index in [4.69, 9.17) is 11.6 Å². The van der Waals surface area contributed by atoms with E-state index in [-0.39, 0.29) is 6.54 Å². The van der Waals surface area contributed by atoms with Gasteiger partial charge in [-0.05, 0) is 30.7 Å². The van der Waals surface area contributed by atoms with Crippen LogP contribution in [-0.4, -0.2) is 24.3 Å². The number of aromatic nitrogens is 1. The standard InChI is InChI=1S/C20H21ClN2O2S/c1-2-3-13-23(26(24,25)18-10-5-4-6-11-18)15-17-14-16-9-7-8-12-19(16)22-20(17)21/h4-12,14H,2-3,13,15H2,1H3. The lowest BCUT2D eigenvalue weighted by Crippen LogP contribution is -2.31. The minimum absolute atomic E-state index is 0.202. The second-order valence-electron chi connectivity index (χ2n) is 6.14. The molecule has 0 bridgehead atoms. The average Bonchev–Trinajstić information content (AvgIpc) is 2.66. The molecule has 26 heavy (non-hydrogen) atoms. The fourth-order valence-electron chi connectivity index (χ4n) is 2.80. The summed E-state index contributed by atoms with van der Waals surface area (Å²) in [5.41, 5.74) is 1.51. The lowest BCUT2D eigenvalue weighted by Gasteiger charge is -2.22. The number of pyridine rings is 1. The number of hydrogen-bond acceptors (Lipinski definition) is 3. The van der Waals surface area contributed by atoms with Crippen molar-refractivity contribution in [1.82, 2.24) is 9.29 Å². The molecule has 0 aliphatic heterocycles. The second kappa shape index (κ2) is 8.16. The topological polar surface area (TPSA) is 50.3 Å². The number of para-hydroxylation sites is 1. The number of hydrogen-bond donors (Lipinski definition) is 0. The third-order valence-electron chi connectivity index (χ3n) is 4.24. The molecule has 0 spiro atoms. The largest absolute Gasteiger partial charge is 0.243 e. The van der Waals surface area contributed by atoms with Crippen LogP contribution in [0.1, 0.15) is 25.3 Å². The lowest BCUT2D eigenvalue weighted by atomic mass is 10.1. The molecule has 3 rings (SSSR count). The van der Waals surface area contributed by atoms with Crippen molar-refractivity contribution in [2.24, 2.45) is 0 Å². The van der Waals surface area contributed by atoms with E-state index in [1.807, 2.05) is 37.3 Å². The molecule has 2 aromatic carbocycles. The quantitative estimate of drug-likeness (QED) is 0.542. The first-order valence-electron chi connectivity index (χ1n) is 8.61. The van der Waals surface area contributed by atoms with E-state index in [1.165, 1.54) is 4.31 Å². The maximum absolute atomic E-state index is 13.1. The van der Waals surface area contributed by atoms with E-state index < -0.39 is 10.0 Å². The highest BCUT2D eigenvalue weighted by Gasteiger charge is 2.25. The molecule has 3 aromatic rings. The van der Waals surface area contributed by atoms with Crippen LogP contribution in [0.2, 0.25) is 5.15 Å². The number of fused-ring (bicyclic) bond motifs is 1. The van der Waals surface area contributed by atoms with Crippen molar-refractivity contribution < 1.29 is 8.42 Å². The minimum atomic E-state index is -3.59. The van der Waals surface area contributed by atoms with Crippen LogP contribution in [0.3, 0.4) is 0 Å². The van der Waals surface area contributed by atoms with Gasteiger partial charge in [0.1, 0.15) is 5.15 Å². The molecule has 0 fully saturated rings. The molecule has 6 heteroatoms. The summed E-state index contributed by atoms with van der Waals surface area (Å²) in [6.07, 6.45) is 1.69. The van der Waals surface area contributed by atoms with Crippen LogP contribution in [-0.2, 0) is 16.6 Å². The zero-order valence-electron chi connectivity index (χ0n) is 14.6. The van der Waals surface area contributed by atoms with Crippen molar-refractivity contribution in [3.8, 4) is 0 Å². The molecule has 0 aliphatic rings. The summed E-state index contributed by atoms with van der Waals surface area (Å²) in [5, 5.41) is 1.29. The van der Waals surface area contributed by atoms with Gasteiger partial charge in [0.15, 0.2) is 0 Å². The van der Waals surface area contributed by atoms with Crippen molar-refractivity contribution in [2.75, 3.05) is 6.54 Å². The lowest BCUT2D eigenvalue weighted by molar-refractivity contribution is 0.398. The number of nitrogens with zero attached hydrogens (tertiary/aromatic N) is 2. The van der Waals surface area contributed by atoms with Crippen molar-refractivity contribution in [2.45, 2.75) is 31.2 Å². The highest BCUT2D eigenvalue weighted by Crippen LogP contribution is 2.25. The Morgan fingerprint density at radius 3 is 2.46 bits per heavy atom. The summed E-state index contributed by atoms with van der Waals surface area (Å²) < 4.78 is 27.6. The zero-order chi connectivity index (χ0) is 18.6. The van der Waals surface area contributed by atoms with Crippen LogP contribution in [0.25, 0.3) is 10.9 Å². The first kappa shape index (κ1) is 18.8. The van der Waals surface area contributed by atoms with Gasteiger partial charge in [-0.1, -0.05) is 61.3 Å². The first-order chi connectivity index (χ1) is 12.5. The predicted octanol–water partition coefficient (Wildman–Crippen LogP) is 4.88. The number of rotatable bonds is 7. The molecule has 0 saturated carbocycles. The first-order valence-corrected chi connectivity index (χ1v) is 10.4. The fourth-order valence-corrected chi connectivity index (χ4v) is 4.48. The normalized spacial score (nSPS) is 12.0. The third-order valence-corrected chi connectivity index (χ3v) is 6.43. The molecule has 0 N–H and O–H groups in total. The van der Waals surface area contributed by atoms with Gasteiger partial charge in [0, 0.05) is 24.0 Å². The summed E-state index contributed by atoms with van der Waals surface area (Å²) in [6, 6.07) is 18.1. The van der Waals surface area contributed by atoms with E-state index in [0.717, 1.165) is 23.7 Å². The van der Waals surface area contributed by atoms with E-state index in [9.17, 15) is 8.42 Å². The minimum Gasteiger partial charge on any atom is -0.236 e. The molecule has 0 saturated heterocycles. The van der Waals surface area contributed by atoms with Crippen molar-refractivity contribution >= 4 is 32.5 Å². The Kier molecular flexibility index (Phi) is 5.91. The Bertz CT molecular complexity index is 991. The average molecular weight is 389 g/mol. The Morgan fingerprint density at radius 1 is 1.04 bits per heavy atom. The van der Waals surface area contributed by atoms with Crippen LogP contribution < -0.4 is 0 Å². The Hall–Kier alpha value is -1.95. The van der Waals surface area contributed by atoms with E-state index in [2.05, 4.69) is 4.98 Å². The van der Waals surface area contributed by atoms with Crippen LogP contribution in [0, 0.1) is 0 Å². The van der Waals surface area contributed by atoms with Gasteiger partial charge in [0.25, 0.3) is 0 Å². The molecule has 1 aromatic heterocycles. The van der Waals surface area contributed by atoms with Gasteiger partial charge in [-0.25, -0.2) is 13.4 Å². The Labute approximate surface area is 159 Å². The molecule has 0 radical (unpaired) electrons. The van der Waals surface area contributed by atoms with Gasteiger partial charge in [0.2, 0.25) is 10.0 Å². The van der Waals surface area contributed by atoms with E-state index >= 15 is 0 Å². The van der Waals surface area contributed by atoms with Gasteiger partial charge in [-0.15, -0.1) is 0 Å². The predicted molar refractivity (Wildman–Crippen MR) is 106 cm³/mol. The Balaban J connectivity index is 1.98. The SMILES string of the molecule is CCCCN(Cc1cc2ccccc2nc1Cl)S(=O)(=O)c1ccccc1. The highest BCUT2D eigenvalue weighted by atomic mass is 35.5. The summed E-state index contributed by atoms with van der Waals surface area (Å²) in [7, 11) is -3.59. The molecule has 0 aliphatic carbocycles. The Morgan fingerprint density at radius 2 is 1.73 bits per heavy atom. The number of sulfonamides is 1. The molecular formula is C20H21ClN2O2S. The van der Waals surface area contributed by atoms with Gasteiger partial charge in [-0.3, -0.25) is 0 Å². The molecular weight excluding hydrogens is 368 g/mol. The highest BCUT2D eigenvalue weighted by molar-refractivity contribution is 7.89. The summed E-state index contributed by atoms with van der Waals surface area (Å²) in [5.74, 6) is 0. The van der Waals surface area contributed by atoms with Crippen LogP contribution in [0.4, 0.5) is 0 Å². The van der Waals surface area contributed by atoms with Crippen molar-refractivity contribution in [1.29, 1.82) is 0 Å². The van der Waals surface area contributed by atoms with Crippen LogP contribution in [0.5, 0.6) is 0 Å². The van der Waals surface area contributed by atoms with Crippen LogP contribution >= 0.6 is 11.6 Å². The van der Waals surface area contributed by atoms with Gasteiger partial charge < -0.3 is 0 Å². The van der Waals surface area contributed by atoms with Gasteiger partial charge in [0.05, 0.1) is 10.4 Å². The number of benzene rings is 2. The third kappa shape index (κ3) is 4.06. The number of halogens is 1. The molecule has 136 valence electrons. The fraction of sp³-hybridized carbons (Fsp3) is 0.250. The molecule has 0 atom stereocenters. The van der Waals surface area contributed by atoms with Crippen LogP contribution in [0.15, 0.2) is 65.6 Å². The van der Waals surface area contributed by atoms with Crippen molar-refractivity contribution in [3.63, 3.8) is 0 Å². The summed E-state index contributed by atoms with van der Waals surface area (Å²) in [4.78, 5) is 4.70. The number of unbranched alkanes of at least 4 members (excludes halogenated alkanes) is 1. The maximum atomic E-state index is 13.1. The molecule has 1 heterocycles. The van der Waals surface area contributed by atoms with E-state index in [1.54, 1.807) is 30.3 Å². The van der Waals surface area contributed by atoms with Crippen molar-refractivity contribution in [3.05, 3.63) is 71.4 Å². The smallest absolute Gasteiger partial charge is 0.236 e. The second-order valence-corrected chi connectivity index (χ2v) is 8.43. The summed E-state index contributed by atoms with van der Waals surface area (Å²) >= 11 is 6.34.